The maximum atomic E-state index is 12.3. The van der Waals surface area contributed by atoms with Gasteiger partial charge >= 0.3 is 0 Å². The van der Waals surface area contributed by atoms with E-state index in [9.17, 15) is 9.90 Å². The number of rotatable bonds is 7. The number of carbonyl (C=O) groups is 1. The Balaban J connectivity index is 1.60. The smallest absolute Gasteiger partial charge is 0.290 e. The molecule has 0 aliphatic heterocycles. The van der Waals surface area contributed by atoms with Crippen LogP contribution in [0.15, 0.2) is 65.2 Å². The average Bonchev–Trinajstić information content (AvgIpc) is 3.16. The molecule has 0 saturated heterocycles. The lowest BCUT2D eigenvalue weighted by molar-refractivity contribution is 0.0880. The molecule has 27 heavy (non-hydrogen) atoms. The highest BCUT2D eigenvalue weighted by atomic mass is 16.5. The maximum Gasteiger partial charge on any atom is 0.290 e. The van der Waals surface area contributed by atoms with Crippen LogP contribution < -0.4 is 10.1 Å². The van der Waals surface area contributed by atoms with Crippen molar-refractivity contribution in [1.82, 2.24) is 10.5 Å². The summed E-state index contributed by atoms with van der Waals surface area (Å²) in [4.78, 5) is 12.3. The largest absolute Gasteiger partial charge is 0.491 e. The van der Waals surface area contributed by atoms with Crippen molar-refractivity contribution in [2.75, 3.05) is 6.54 Å². The molecule has 0 aliphatic rings. The van der Waals surface area contributed by atoms with Crippen molar-refractivity contribution in [1.29, 1.82) is 0 Å². The monoisotopic (exact) mass is 366 g/mol. The van der Waals surface area contributed by atoms with Crippen LogP contribution in [0.25, 0.3) is 11.3 Å². The number of carbonyl (C=O) groups excluding carboxylic acids is 1. The lowest BCUT2D eigenvalue weighted by Crippen LogP contribution is -2.28. The molecule has 0 bridgehead atoms. The summed E-state index contributed by atoms with van der Waals surface area (Å²) in [6.45, 7) is 3.92. The van der Waals surface area contributed by atoms with E-state index < -0.39 is 12.0 Å². The molecular weight excluding hydrogens is 344 g/mol. The lowest BCUT2D eigenvalue weighted by Gasteiger charge is -2.14. The zero-order valence-electron chi connectivity index (χ0n) is 15.3. The number of nitrogens with one attached hydrogen (secondary N) is 1. The molecule has 1 atom stereocenters. The third-order valence-corrected chi connectivity index (χ3v) is 3.87. The van der Waals surface area contributed by atoms with Crippen LogP contribution >= 0.6 is 0 Å². The standard InChI is InChI=1S/C21H22N2O4/c1-14(2)26-17-10-6-9-16(11-17)19(24)13-22-21(25)20-12-18(23-27-20)15-7-4-3-5-8-15/h3-12,14,19,24H,13H2,1-2H3,(H,22,25). The van der Waals surface area contributed by atoms with Crippen LogP contribution in [0.3, 0.4) is 0 Å². The van der Waals surface area contributed by atoms with Gasteiger partial charge < -0.3 is 19.7 Å². The molecular formula is C21H22N2O4. The Bertz CT molecular complexity index is 890. The molecule has 1 heterocycles. The second kappa shape index (κ2) is 8.51. The van der Waals surface area contributed by atoms with Crippen molar-refractivity contribution in [3.8, 4) is 17.0 Å². The van der Waals surface area contributed by atoms with Gasteiger partial charge in [-0.15, -0.1) is 0 Å². The van der Waals surface area contributed by atoms with Gasteiger partial charge in [-0.25, -0.2) is 0 Å². The topological polar surface area (TPSA) is 84.6 Å². The van der Waals surface area contributed by atoms with Gasteiger partial charge in [0.05, 0.1) is 12.2 Å². The van der Waals surface area contributed by atoms with Gasteiger partial charge in [-0.05, 0) is 31.5 Å². The molecule has 0 spiro atoms. The van der Waals surface area contributed by atoms with Crippen molar-refractivity contribution in [2.24, 2.45) is 0 Å². The molecule has 6 heteroatoms. The van der Waals surface area contributed by atoms with Crippen molar-refractivity contribution in [3.63, 3.8) is 0 Å². The fraction of sp³-hybridized carbons (Fsp3) is 0.238. The number of ether oxygens (including phenoxy) is 1. The minimum absolute atomic E-state index is 0.0439. The van der Waals surface area contributed by atoms with Gasteiger partial charge in [-0.3, -0.25) is 4.79 Å². The Morgan fingerprint density at radius 3 is 2.67 bits per heavy atom. The third kappa shape index (κ3) is 4.95. The summed E-state index contributed by atoms with van der Waals surface area (Å²) in [6, 6.07) is 18.2. The Morgan fingerprint density at radius 1 is 1.15 bits per heavy atom. The number of aliphatic hydroxyl groups excluding tert-OH is 1. The highest BCUT2D eigenvalue weighted by Crippen LogP contribution is 2.21. The quantitative estimate of drug-likeness (QED) is 0.667. The van der Waals surface area contributed by atoms with E-state index in [0.717, 1.165) is 5.56 Å². The predicted octanol–water partition coefficient (Wildman–Crippen LogP) is 3.59. The van der Waals surface area contributed by atoms with E-state index in [4.69, 9.17) is 9.26 Å². The number of amides is 1. The second-order valence-corrected chi connectivity index (χ2v) is 6.41. The number of hydrogen-bond donors (Lipinski definition) is 2. The highest BCUT2D eigenvalue weighted by molar-refractivity contribution is 5.92. The molecule has 0 aliphatic carbocycles. The first kappa shape index (κ1) is 18.7. The van der Waals surface area contributed by atoms with E-state index in [1.165, 1.54) is 0 Å². The second-order valence-electron chi connectivity index (χ2n) is 6.41. The van der Waals surface area contributed by atoms with Crippen LogP contribution in [-0.4, -0.2) is 28.8 Å². The molecule has 6 nitrogen and oxygen atoms in total. The minimum Gasteiger partial charge on any atom is -0.491 e. The molecule has 1 unspecified atom stereocenters. The predicted molar refractivity (Wildman–Crippen MR) is 101 cm³/mol. The van der Waals surface area contributed by atoms with E-state index in [1.54, 1.807) is 24.3 Å². The van der Waals surface area contributed by atoms with Crippen LogP contribution in [0.2, 0.25) is 0 Å². The number of aromatic nitrogens is 1. The van der Waals surface area contributed by atoms with Gasteiger partial charge in [0, 0.05) is 18.2 Å². The molecule has 0 saturated carbocycles. The van der Waals surface area contributed by atoms with E-state index >= 15 is 0 Å². The van der Waals surface area contributed by atoms with Gasteiger partial charge in [0.15, 0.2) is 0 Å². The van der Waals surface area contributed by atoms with Crippen molar-refractivity contribution in [3.05, 3.63) is 72.0 Å². The molecule has 3 aromatic rings. The zero-order valence-corrected chi connectivity index (χ0v) is 15.3. The SMILES string of the molecule is CC(C)Oc1cccc(C(O)CNC(=O)c2cc(-c3ccccc3)no2)c1. The summed E-state index contributed by atoms with van der Waals surface area (Å²) in [7, 11) is 0. The van der Waals surface area contributed by atoms with Gasteiger partial charge in [0.2, 0.25) is 5.76 Å². The number of aliphatic hydroxyl groups is 1. The Kier molecular flexibility index (Phi) is 5.88. The molecule has 1 aromatic heterocycles. The molecule has 0 radical (unpaired) electrons. The Morgan fingerprint density at radius 2 is 1.93 bits per heavy atom. The normalized spacial score (nSPS) is 12.0. The first-order chi connectivity index (χ1) is 13.0. The van der Waals surface area contributed by atoms with E-state index in [1.807, 2.05) is 50.2 Å². The van der Waals surface area contributed by atoms with Crippen LogP contribution in [-0.2, 0) is 0 Å². The molecule has 0 fully saturated rings. The lowest BCUT2D eigenvalue weighted by atomic mass is 10.1. The average molecular weight is 366 g/mol. The molecule has 2 aromatic carbocycles. The van der Waals surface area contributed by atoms with Crippen molar-refractivity contribution < 1.29 is 19.2 Å². The maximum absolute atomic E-state index is 12.3. The van der Waals surface area contributed by atoms with Gasteiger partial charge in [-0.1, -0.05) is 47.6 Å². The van der Waals surface area contributed by atoms with E-state index in [2.05, 4.69) is 10.5 Å². The van der Waals surface area contributed by atoms with Gasteiger partial charge in [0.25, 0.3) is 5.91 Å². The number of nitrogens with zero attached hydrogens (tertiary/aromatic N) is 1. The molecule has 140 valence electrons. The van der Waals surface area contributed by atoms with Crippen LogP contribution in [0.4, 0.5) is 0 Å². The van der Waals surface area contributed by atoms with Crippen molar-refractivity contribution in [2.45, 2.75) is 26.1 Å². The van der Waals surface area contributed by atoms with Crippen LogP contribution in [0.5, 0.6) is 5.75 Å². The summed E-state index contributed by atoms with van der Waals surface area (Å²) < 4.78 is 10.7. The zero-order chi connectivity index (χ0) is 19.2. The van der Waals surface area contributed by atoms with Gasteiger partial charge in [0.1, 0.15) is 11.4 Å². The molecule has 3 rings (SSSR count). The summed E-state index contributed by atoms with van der Waals surface area (Å²) in [6.07, 6.45) is -0.816. The van der Waals surface area contributed by atoms with E-state index in [0.29, 0.717) is 17.0 Å². The third-order valence-electron chi connectivity index (χ3n) is 3.87. The highest BCUT2D eigenvalue weighted by Gasteiger charge is 2.16. The van der Waals surface area contributed by atoms with Crippen molar-refractivity contribution >= 4 is 5.91 Å². The minimum atomic E-state index is -0.860. The fourth-order valence-electron chi connectivity index (χ4n) is 2.59. The Labute approximate surface area is 157 Å². The van der Waals surface area contributed by atoms with E-state index in [-0.39, 0.29) is 18.4 Å². The first-order valence-corrected chi connectivity index (χ1v) is 8.78. The number of benzene rings is 2. The van der Waals surface area contributed by atoms with Crippen LogP contribution in [0.1, 0.15) is 36.1 Å². The summed E-state index contributed by atoms with van der Waals surface area (Å²) in [5, 5.41) is 16.9. The Hall–Kier alpha value is -3.12. The molecule has 2 N–H and O–H groups in total. The number of hydrogen-bond acceptors (Lipinski definition) is 5. The summed E-state index contributed by atoms with van der Waals surface area (Å²) in [5.74, 6) is 0.340. The van der Waals surface area contributed by atoms with Crippen LogP contribution in [0, 0.1) is 0 Å². The summed E-state index contributed by atoms with van der Waals surface area (Å²) in [5.41, 5.74) is 2.11. The summed E-state index contributed by atoms with van der Waals surface area (Å²) >= 11 is 0. The van der Waals surface area contributed by atoms with Gasteiger partial charge in [-0.2, -0.15) is 0 Å². The fourth-order valence-corrected chi connectivity index (χ4v) is 2.59. The first-order valence-electron chi connectivity index (χ1n) is 8.78. The molecule has 1 amide bonds.